The van der Waals surface area contributed by atoms with E-state index in [2.05, 4.69) is 15.5 Å². The number of hydrogen-bond acceptors (Lipinski definition) is 5. The van der Waals surface area contributed by atoms with Crippen molar-refractivity contribution >= 4 is 23.6 Å². The highest BCUT2D eigenvalue weighted by Crippen LogP contribution is 2.33. The third-order valence-electron chi connectivity index (χ3n) is 6.33. The predicted molar refractivity (Wildman–Crippen MR) is 122 cm³/mol. The van der Waals surface area contributed by atoms with Crippen molar-refractivity contribution in [2.24, 2.45) is 0 Å². The summed E-state index contributed by atoms with van der Waals surface area (Å²) >= 11 is 1.68. The van der Waals surface area contributed by atoms with Crippen LogP contribution in [0.15, 0.2) is 30.3 Å². The van der Waals surface area contributed by atoms with Crippen LogP contribution in [0.4, 0.5) is 0 Å². The maximum absolute atomic E-state index is 13.1. The van der Waals surface area contributed by atoms with E-state index in [4.69, 9.17) is 4.74 Å². The Morgan fingerprint density at radius 3 is 2.50 bits per heavy atom. The monoisotopic (exact) mass is 433 g/mol. The van der Waals surface area contributed by atoms with Gasteiger partial charge in [0.05, 0.1) is 13.2 Å². The van der Waals surface area contributed by atoms with Gasteiger partial charge in [-0.1, -0.05) is 37.5 Å². The molecule has 166 valence electrons. The largest absolute Gasteiger partial charge is 0.379 e. The van der Waals surface area contributed by atoms with Crippen molar-refractivity contribution in [1.29, 1.82) is 0 Å². The summed E-state index contributed by atoms with van der Waals surface area (Å²) in [6.45, 7) is 4.02. The van der Waals surface area contributed by atoms with Crippen LogP contribution in [-0.4, -0.2) is 73.2 Å². The fourth-order valence-electron chi connectivity index (χ4n) is 4.56. The normalized spacial score (nSPS) is 20.3. The minimum absolute atomic E-state index is 0.0190. The molecule has 2 N–H and O–H groups in total. The molecule has 7 heteroatoms. The van der Waals surface area contributed by atoms with Crippen molar-refractivity contribution in [2.45, 2.75) is 50.1 Å². The molecule has 0 radical (unpaired) electrons. The summed E-state index contributed by atoms with van der Waals surface area (Å²) in [5.74, 6) is 0.547. The summed E-state index contributed by atoms with van der Waals surface area (Å²) in [6, 6.07) is 8.57. The van der Waals surface area contributed by atoms with Crippen molar-refractivity contribution in [3.63, 3.8) is 0 Å². The number of thioether (sulfide) groups is 1. The molecular weight excluding hydrogens is 398 g/mol. The molecule has 1 aromatic rings. The Bertz CT molecular complexity index is 674. The number of morpholine rings is 1. The Kier molecular flexibility index (Phi) is 9.03. The van der Waals surface area contributed by atoms with Crippen molar-refractivity contribution in [2.75, 3.05) is 44.9 Å². The maximum Gasteiger partial charge on any atom is 0.251 e. The van der Waals surface area contributed by atoms with Crippen LogP contribution in [-0.2, 0) is 9.53 Å². The standard InChI is InChI=1S/C23H35N3O3S/c1-30-17-10-20(25-21(27)19-8-4-2-5-9-19)22(28)24-18-23(11-6-3-7-12-23)26-13-15-29-16-14-26/h2,4-5,8-9,20H,3,6-7,10-18H2,1H3,(H,24,28)(H,25,27)/t20-/m0/s1. The first-order chi connectivity index (χ1) is 14.6. The van der Waals surface area contributed by atoms with Gasteiger partial charge in [0, 0.05) is 30.7 Å². The Hall–Kier alpha value is -1.57. The lowest BCUT2D eigenvalue weighted by molar-refractivity contribution is -0.124. The molecule has 1 atom stereocenters. The minimum Gasteiger partial charge on any atom is -0.379 e. The predicted octanol–water partition coefficient (Wildman–Crippen LogP) is 2.69. The number of carbonyl (C=O) groups is 2. The molecule has 6 nitrogen and oxygen atoms in total. The van der Waals surface area contributed by atoms with Gasteiger partial charge in [-0.05, 0) is 43.4 Å². The van der Waals surface area contributed by atoms with Gasteiger partial charge in [-0.25, -0.2) is 0 Å². The zero-order valence-corrected chi connectivity index (χ0v) is 18.8. The van der Waals surface area contributed by atoms with Gasteiger partial charge in [0.2, 0.25) is 5.91 Å². The second-order valence-electron chi connectivity index (χ2n) is 8.28. The quantitative estimate of drug-likeness (QED) is 0.627. The summed E-state index contributed by atoms with van der Waals surface area (Å²) in [5, 5.41) is 6.16. The van der Waals surface area contributed by atoms with Crippen LogP contribution in [0.5, 0.6) is 0 Å². The highest BCUT2D eigenvalue weighted by molar-refractivity contribution is 7.98. The van der Waals surface area contributed by atoms with Crippen LogP contribution in [0.1, 0.15) is 48.9 Å². The van der Waals surface area contributed by atoms with Gasteiger partial charge in [-0.15, -0.1) is 0 Å². The molecule has 2 aliphatic rings. The molecule has 1 saturated carbocycles. The van der Waals surface area contributed by atoms with E-state index in [-0.39, 0.29) is 17.4 Å². The molecule has 1 aliphatic carbocycles. The molecule has 30 heavy (non-hydrogen) atoms. The third-order valence-corrected chi connectivity index (χ3v) is 6.97. The highest BCUT2D eigenvalue weighted by atomic mass is 32.2. The smallest absolute Gasteiger partial charge is 0.251 e. The van der Waals surface area contributed by atoms with Crippen LogP contribution >= 0.6 is 11.8 Å². The van der Waals surface area contributed by atoms with Gasteiger partial charge in [-0.2, -0.15) is 11.8 Å². The Morgan fingerprint density at radius 1 is 1.13 bits per heavy atom. The van der Waals surface area contributed by atoms with Crippen molar-refractivity contribution in [3.05, 3.63) is 35.9 Å². The molecule has 1 aliphatic heterocycles. The molecule has 2 amide bonds. The fraction of sp³-hybridized carbons (Fsp3) is 0.652. The highest BCUT2D eigenvalue weighted by Gasteiger charge is 2.39. The van der Waals surface area contributed by atoms with Crippen molar-refractivity contribution in [3.8, 4) is 0 Å². The summed E-state index contributed by atoms with van der Waals surface area (Å²) < 4.78 is 5.55. The van der Waals surface area contributed by atoms with Crippen LogP contribution in [0.25, 0.3) is 0 Å². The lowest BCUT2D eigenvalue weighted by Crippen LogP contribution is -2.61. The first kappa shape index (κ1) is 23.1. The van der Waals surface area contributed by atoms with Crippen LogP contribution in [0.2, 0.25) is 0 Å². The molecule has 1 heterocycles. The topological polar surface area (TPSA) is 70.7 Å². The number of nitrogens with zero attached hydrogens (tertiary/aromatic N) is 1. The number of hydrogen-bond donors (Lipinski definition) is 2. The van der Waals surface area contributed by atoms with Crippen LogP contribution in [0, 0.1) is 0 Å². The summed E-state index contributed by atoms with van der Waals surface area (Å²) in [4.78, 5) is 28.2. The minimum atomic E-state index is -0.518. The van der Waals surface area contributed by atoms with E-state index < -0.39 is 6.04 Å². The number of benzene rings is 1. The summed E-state index contributed by atoms with van der Waals surface area (Å²) in [6.07, 6.45) is 8.53. The second kappa shape index (κ2) is 11.7. The zero-order valence-electron chi connectivity index (χ0n) is 18.0. The van der Waals surface area contributed by atoms with Gasteiger partial charge in [0.15, 0.2) is 0 Å². The van der Waals surface area contributed by atoms with Gasteiger partial charge in [-0.3, -0.25) is 14.5 Å². The van der Waals surface area contributed by atoms with E-state index in [1.165, 1.54) is 19.3 Å². The SMILES string of the molecule is CSCC[C@H](NC(=O)c1ccccc1)C(=O)NCC1(N2CCOCC2)CCCCC1. The number of carbonyl (C=O) groups excluding carboxylic acids is 2. The molecule has 1 saturated heterocycles. The molecular formula is C23H35N3O3S. The average molecular weight is 434 g/mol. The van der Waals surface area contributed by atoms with Gasteiger partial charge in [0.1, 0.15) is 6.04 Å². The van der Waals surface area contributed by atoms with E-state index in [1.54, 1.807) is 23.9 Å². The first-order valence-electron chi connectivity index (χ1n) is 11.1. The molecule has 2 fully saturated rings. The zero-order chi connectivity index (χ0) is 21.2. The van der Waals surface area contributed by atoms with E-state index in [0.29, 0.717) is 18.5 Å². The van der Waals surface area contributed by atoms with Gasteiger partial charge < -0.3 is 15.4 Å². The Morgan fingerprint density at radius 2 is 1.83 bits per heavy atom. The van der Waals surface area contributed by atoms with E-state index in [0.717, 1.165) is 44.9 Å². The first-order valence-corrected chi connectivity index (χ1v) is 12.5. The average Bonchev–Trinajstić information content (AvgIpc) is 2.81. The molecule has 0 bridgehead atoms. The second-order valence-corrected chi connectivity index (χ2v) is 9.26. The summed E-state index contributed by atoms with van der Waals surface area (Å²) in [7, 11) is 0. The van der Waals surface area contributed by atoms with Crippen molar-refractivity contribution in [1.82, 2.24) is 15.5 Å². The van der Waals surface area contributed by atoms with Crippen LogP contribution < -0.4 is 10.6 Å². The molecule has 0 unspecified atom stereocenters. The number of amides is 2. The Balaban J connectivity index is 1.63. The van der Waals surface area contributed by atoms with E-state index in [9.17, 15) is 9.59 Å². The summed E-state index contributed by atoms with van der Waals surface area (Å²) in [5.41, 5.74) is 0.599. The number of nitrogens with one attached hydrogen (secondary N) is 2. The van der Waals surface area contributed by atoms with E-state index >= 15 is 0 Å². The molecule has 3 rings (SSSR count). The number of ether oxygens (including phenoxy) is 1. The van der Waals surface area contributed by atoms with Crippen LogP contribution in [0.3, 0.4) is 0 Å². The lowest BCUT2D eigenvalue weighted by atomic mass is 9.79. The van der Waals surface area contributed by atoms with Crippen molar-refractivity contribution < 1.29 is 14.3 Å². The molecule has 1 aromatic carbocycles. The fourth-order valence-corrected chi connectivity index (χ4v) is 5.03. The number of rotatable bonds is 9. The third kappa shape index (κ3) is 6.22. The van der Waals surface area contributed by atoms with Gasteiger partial charge >= 0.3 is 0 Å². The van der Waals surface area contributed by atoms with E-state index in [1.807, 2.05) is 24.5 Å². The molecule has 0 aromatic heterocycles. The van der Waals surface area contributed by atoms with Gasteiger partial charge in [0.25, 0.3) is 5.91 Å². The Labute approximate surface area is 184 Å². The maximum atomic E-state index is 13.1. The molecule has 0 spiro atoms. The lowest BCUT2D eigenvalue weighted by Gasteiger charge is -2.48.